The second-order valence-electron chi connectivity index (χ2n) is 8.82. The Kier molecular flexibility index (Phi) is 5.40. The summed E-state index contributed by atoms with van der Waals surface area (Å²) in [7, 11) is 3.79. The third-order valence-electron chi connectivity index (χ3n) is 6.42. The number of phenols is 2. The van der Waals surface area contributed by atoms with Crippen LogP contribution in [0.5, 0.6) is 11.5 Å². The maximum Gasteiger partial charge on any atom is 0.198 e. The number of ketones is 3. The van der Waals surface area contributed by atoms with E-state index in [4.69, 9.17) is 0 Å². The van der Waals surface area contributed by atoms with E-state index in [0.717, 1.165) is 0 Å². The zero-order valence-corrected chi connectivity index (χ0v) is 18.2. The van der Waals surface area contributed by atoms with Gasteiger partial charge in [-0.05, 0) is 21.0 Å². The number of benzene rings is 2. The average Bonchev–Trinajstić information content (AvgIpc) is 2.74. The molecule has 0 radical (unpaired) electrons. The van der Waals surface area contributed by atoms with Crippen molar-refractivity contribution >= 4 is 17.3 Å². The van der Waals surface area contributed by atoms with Gasteiger partial charge in [-0.2, -0.15) is 0 Å². The van der Waals surface area contributed by atoms with E-state index in [-0.39, 0.29) is 46.2 Å². The molecular weight excluding hydrogens is 412 g/mol. The van der Waals surface area contributed by atoms with Crippen molar-refractivity contribution in [1.29, 1.82) is 0 Å². The molecule has 0 fully saturated rings. The lowest BCUT2D eigenvalue weighted by atomic mass is 9.71. The lowest BCUT2D eigenvalue weighted by Gasteiger charge is -2.39. The molecular formula is C24H26N2O6. The predicted octanol–water partition coefficient (Wildman–Crippen LogP) is 1.33. The SMILES string of the molecule is CC(=O)C1(O)Cc2c(O)c3c(c(O)c2C(NCCN(C)C)C1)C(=O)c1ccccc1C3=O. The average molecular weight is 438 g/mol. The molecule has 2 aliphatic carbocycles. The van der Waals surface area contributed by atoms with Gasteiger partial charge < -0.3 is 25.5 Å². The van der Waals surface area contributed by atoms with Crippen LogP contribution in [0, 0.1) is 0 Å². The van der Waals surface area contributed by atoms with Gasteiger partial charge in [0.05, 0.1) is 11.1 Å². The molecule has 2 aromatic rings. The normalized spacial score (nSPS) is 21.8. The predicted molar refractivity (Wildman–Crippen MR) is 116 cm³/mol. The second kappa shape index (κ2) is 7.81. The number of hydrogen-bond donors (Lipinski definition) is 4. The molecule has 168 valence electrons. The first-order valence-electron chi connectivity index (χ1n) is 10.5. The first-order valence-corrected chi connectivity index (χ1v) is 10.5. The molecule has 4 N–H and O–H groups in total. The van der Waals surface area contributed by atoms with Crippen LogP contribution in [0.1, 0.15) is 62.4 Å². The minimum absolute atomic E-state index is 0.0345. The van der Waals surface area contributed by atoms with E-state index in [9.17, 15) is 29.7 Å². The number of hydrogen-bond acceptors (Lipinski definition) is 8. The summed E-state index contributed by atoms with van der Waals surface area (Å²) in [4.78, 5) is 40.6. The maximum atomic E-state index is 13.2. The number of carbonyl (C=O) groups excluding carboxylic acids is 3. The van der Waals surface area contributed by atoms with Crippen LogP contribution >= 0.6 is 0 Å². The van der Waals surface area contributed by atoms with Crippen LogP contribution in [0.2, 0.25) is 0 Å². The highest BCUT2D eigenvalue weighted by Gasteiger charge is 2.47. The van der Waals surface area contributed by atoms with Crippen LogP contribution in [0.15, 0.2) is 24.3 Å². The van der Waals surface area contributed by atoms with E-state index in [0.29, 0.717) is 13.1 Å². The largest absolute Gasteiger partial charge is 0.507 e. The standard InChI is InChI=1S/C24H26N2O6/c1-12(27)24(32)10-15-17(16(11-24)25-8-9-26(2)3)23(31)19-18(22(15)30)20(28)13-6-4-5-7-14(13)21(19)29/h4-7,16,25,30-32H,8-11H2,1-3H3. The van der Waals surface area contributed by atoms with Crippen LogP contribution in [0.25, 0.3) is 0 Å². The smallest absolute Gasteiger partial charge is 0.198 e. The fraction of sp³-hybridized carbons (Fsp3) is 0.375. The molecule has 0 amide bonds. The van der Waals surface area contributed by atoms with Crippen molar-refractivity contribution in [3.63, 3.8) is 0 Å². The fourth-order valence-corrected chi connectivity index (χ4v) is 4.65. The Balaban J connectivity index is 1.92. The number of Topliss-reactive ketones (excluding diaryl/α,β-unsaturated/α-hetero) is 1. The molecule has 8 nitrogen and oxygen atoms in total. The number of rotatable bonds is 5. The Morgan fingerprint density at radius 3 is 2.19 bits per heavy atom. The van der Waals surface area contributed by atoms with Crippen LogP contribution in [-0.4, -0.2) is 70.4 Å². The maximum absolute atomic E-state index is 13.2. The second-order valence-corrected chi connectivity index (χ2v) is 8.82. The van der Waals surface area contributed by atoms with Crippen molar-refractivity contribution < 1.29 is 29.7 Å². The van der Waals surface area contributed by atoms with Gasteiger partial charge in [0.1, 0.15) is 17.1 Å². The van der Waals surface area contributed by atoms with Crippen molar-refractivity contribution in [3.05, 3.63) is 57.6 Å². The molecule has 0 spiro atoms. The topological polar surface area (TPSA) is 127 Å². The summed E-state index contributed by atoms with van der Waals surface area (Å²) in [6, 6.07) is 5.54. The molecule has 0 heterocycles. The molecule has 2 atom stereocenters. The summed E-state index contributed by atoms with van der Waals surface area (Å²) >= 11 is 0. The lowest BCUT2D eigenvalue weighted by molar-refractivity contribution is -0.137. The molecule has 2 aromatic carbocycles. The highest BCUT2D eigenvalue weighted by molar-refractivity contribution is 6.30. The zero-order chi connectivity index (χ0) is 23.4. The van der Waals surface area contributed by atoms with Crippen molar-refractivity contribution in [2.75, 3.05) is 27.2 Å². The van der Waals surface area contributed by atoms with Crippen LogP contribution in [0.3, 0.4) is 0 Å². The quantitative estimate of drug-likeness (QED) is 0.440. The van der Waals surface area contributed by atoms with Crippen LogP contribution in [-0.2, 0) is 11.2 Å². The summed E-state index contributed by atoms with van der Waals surface area (Å²) in [5, 5.41) is 36.6. The van der Waals surface area contributed by atoms with Gasteiger partial charge in [0.15, 0.2) is 17.3 Å². The monoisotopic (exact) mass is 438 g/mol. The Hall–Kier alpha value is -3.07. The van der Waals surface area contributed by atoms with E-state index in [1.807, 2.05) is 19.0 Å². The van der Waals surface area contributed by atoms with Crippen LogP contribution in [0.4, 0.5) is 0 Å². The third-order valence-corrected chi connectivity index (χ3v) is 6.42. The van der Waals surface area contributed by atoms with Crippen molar-refractivity contribution in [2.24, 2.45) is 0 Å². The Morgan fingerprint density at radius 2 is 1.66 bits per heavy atom. The lowest BCUT2D eigenvalue weighted by Crippen LogP contribution is -2.47. The Morgan fingerprint density at radius 1 is 1.09 bits per heavy atom. The van der Waals surface area contributed by atoms with Gasteiger partial charge in [-0.15, -0.1) is 0 Å². The van der Waals surface area contributed by atoms with Gasteiger partial charge in [0.2, 0.25) is 0 Å². The number of nitrogens with zero attached hydrogens (tertiary/aromatic N) is 1. The van der Waals surface area contributed by atoms with E-state index in [1.165, 1.54) is 19.1 Å². The Labute approximate surface area is 185 Å². The highest BCUT2D eigenvalue weighted by atomic mass is 16.3. The molecule has 2 unspecified atom stereocenters. The molecule has 0 saturated carbocycles. The van der Waals surface area contributed by atoms with E-state index < -0.39 is 40.5 Å². The minimum Gasteiger partial charge on any atom is -0.507 e. The summed E-state index contributed by atoms with van der Waals surface area (Å²) in [6.07, 6.45) is -0.299. The molecule has 0 aliphatic heterocycles. The van der Waals surface area contributed by atoms with Crippen molar-refractivity contribution in [1.82, 2.24) is 10.2 Å². The summed E-state index contributed by atoms with van der Waals surface area (Å²) in [5.74, 6) is -2.48. The molecule has 0 bridgehead atoms. The van der Waals surface area contributed by atoms with Crippen LogP contribution < -0.4 is 5.32 Å². The van der Waals surface area contributed by atoms with Gasteiger partial charge in [0, 0.05) is 54.2 Å². The molecule has 32 heavy (non-hydrogen) atoms. The van der Waals surface area contributed by atoms with E-state index >= 15 is 0 Å². The van der Waals surface area contributed by atoms with E-state index in [2.05, 4.69) is 5.32 Å². The fourth-order valence-electron chi connectivity index (χ4n) is 4.65. The first-order chi connectivity index (χ1) is 15.1. The number of likely N-dealkylation sites (N-methyl/N-ethyl adjacent to an activating group) is 1. The van der Waals surface area contributed by atoms with Gasteiger partial charge in [-0.3, -0.25) is 14.4 Å². The van der Waals surface area contributed by atoms with E-state index in [1.54, 1.807) is 12.1 Å². The summed E-state index contributed by atoms with van der Waals surface area (Å²) in [6.45, 7) is 2.38. The molecule has 0 saturated heterocycles. The number of nitrogens with one attached hydrogen (secondary N) is 1. The molecule has 8 heteroatoms. The number of aliphatic hydroxyl groups is 1. The molecule has 2 aliphatic rings. The van der Waals surface area contributed by atoms with Crippen molar-refractivity contribution in [3.8, 4) is 11.5 Å². The summed E-state index contributed by atoms with van der Waals surface area (Å²) in [5.41, 5.74) is -1.66. The highest BCUT2D eigenvalue weighted by Crippen LogP contribution is 2.50. The van der Waals surface area contributed by atoms with Gasteiger partial charge in [-0.25, -0.2) is 0 Å². The molecule has 4 rings (SSSR count). The van der Waals surface area contributed by atoms with Gasteiger partial charge >= 0.3 is 0 Å². The van der Waals surface area contributed by atoms with Gasteiger partial charge in [-0.1, -0.05) is 24.3 Å². The minimum atomic E-state index is -1.78. The zero-order valence-electron chi connectivity index (χ0n) is 18.2. The third kappa shape index (κ3) is 3.31. The number of carbonyl (C=O) groups is 3. The van der Waals surface area contributed by atoms with Crippen molar-refractivity contribution in [2.45, 2.75) is 31.4 Å². The Bertz CT molecular complexity index is 1160. The number of aromatic hydroxyl groups is 2. The number of fused-ring (bicyclic) bond motifs is 3. The molecule has 0 aromatic heterocycles. The summed E-state index contributed by atoms with van der Waals surface area (Å²) < 4.78 is 0. The number of phenolic OH excluding ortho intramolecular Hbond substituents is 2. The first kappa shape index (κ1) is 22.1. The van der Waals surface area contributed by atoms with Gasteiger partial charge in [0.25, 0.3) is 0 Å².